The molecule has 0 saturated heterocycles. The Morgan fingerprint density at radius 1 is 1.37 bits per heavy atom. The van der Waals surface area contributed by atoms with Gasteiger partial charge in [0.15, 0.2) is 0 Å². The highest BCUT2D eigenvalue weighted by Gasteiger charge is 2.62. The molecule has 2 aliphatic rings. The second kappa shape index (κ2) is 4.37. The fourth-order valence-corrected chi connectivity index (χ4v) is 4.17. The highest BCUT2D eigenvalue weighted by Crippen LogP contribution is 2.66. The van der Waals surface area contributed by atoms with Crippen molar-refractivity contribution >= 4 is 11.6 Å². The molecule has 0 spiro atoms. The highest BCUT2D eigenvalue weighted by molar-refractivity contribution is 6.17. The summed E-state index contributed by atoms with van der Waals surface area (Å²) in [4.78, 5) is 4.37. The van der Waals surface area contributed by atoms with Crippen LogP contribution in [0.3, 0.4) is 0 Å². The van der Waals surface area contributed by atoms with Crippen LogP contribution in [0.15, 0.2) is 18.3 Å². The molecule has 2 saturated carbocycles. The monoisotopic (exact) mass is 279 g/mol. The van der Waals surface area contributed by atoms with Crippen LogP contribution < -0.4 is 4.74 Å². The van der Waals surface area contributed by atoms with Crippen molar-refractivity contribution in [2.24, 2.45) is 16.7 Å². The average Bonchev–Trinajstić information content (AvgIpc) is 2.73. The molecule has 3 rings (SSSR count). The van der Waals surface area contributed by atoms with Crippen molar-refractivity contribution in [1.82, 2.24) is 4.98 Å². The normalized spacial score (nSPS) is 35.6. The summed E-state index contributed by atoms with van der Waals surface area (Å²) in [7, 11) is 0. The van der Waals surface area contributed by atoms with Crippen LogP contribution in [-0.2, 0) is 5.88 Å². The molecule has 0 aromatic carbocycles. The van der Waals surface area contributed by atoms with Crippen LogP contribution in [0.2, 0.25) is 0 Å². The number of hydrogen-bond acceptors (Lipinski definition) is 2. The Bertz CT molecular complexity index is 470. The van der Waals surface area contributed by atoms with E-state index in [1.54, 1.807) is 0 Å². The summed E-state index contributed by atoms with van der Waals surface area (Å²) in [5.41, 5.74) is 1.70. The van der Waals surface area contributed by atoms with Gasteiger partial charge in [0.1, 0.15) is 6.10 Å². The number of nitrogens with zero attached hydrogens (tertiary/aromatic N) is 1. The number of ether oxygens (including phenoxy) is 1. The van der Waals surface area contributed by atoms with E-state index in [1.807, 2.05) is 18.3 Å². The maximum atomic E-state index is 6.19. The lowest BCUT2D eigenvalue weighted by atomic mass is 9.70. The smallest absolute Gasteiger partial charge is 0.213 e. The summed E-state index contributed by atoms with van der Waals surface area (Å²) in [5, 5.41) is 0. The molecule has 2 aliphatic carbocycles. The van der Waals surface area contributed by atoms with Crippen molar-refractivity contribution in [3.8, 4) is 5.88 Å². The van der Waals surface area contributed by atoms with Gasteiger partial charge in [-0.1, -0.05) is 26.8 Å². The molecule has 1 heterocycles. The first-order valence-corrected chi connectivity index (χ1v) is 7.68. The van der Waals surface area contributed by atoms with Crippen molar-refractivity contribution in [2.75, 3.05) is 0 Å². The van der Waals surface area contributed by atoms with E-state index < -0.39 is 0 Å². The lowest BCUT2D eigenvalue weighted by molar-refractivity contribution is 0.0273. The molecule has 104 valence electrons. The van der Waals surface area contributed by atoms with E-state index in [0.29, 0.717) is 17.4 Å². The largest absolute Gasteiger partial charge is 0.474 e. The van der Waals surface area contributed by atoms with E-state index in [4.69, 9.17) is 16.3 Å². The summed E-state index contributed by atoms with van der Waals surface area (Å²) < 4.78 is 6.19. The molecule has 0 N–H and O–H groups in total. The van der Waals surface area contributed by atoms with Crippen LogP contribution in [0.5, 0.6) is 5.88 Å². The molecule has 3 unspecified atom stereocenters. The topological polar surface area (TPSA) is 22.1 Å². The quantitative estimate of drug-likeness (QED) is 0.765. The molecule has 0 aliphatic heterocycles. The van der Waals surface area contributed by atoms with Crippen molar-refractivity contribution in [3.05, 3.63) is 23.9 Å². The summed E-state index contributed by atoms with van der Waals surface area (Å²) in [6, 6.07) is 3.94. The van der Waals surface area contributed by atoms with Gasteiger partial charge in [-0.2, -0.15) is 0 Å². The predicted molar refractivity (Wildman–Crippen MR) is 77.4 cm³/mol. The molecule has 2 bridgehead atoms. The number of fused-ring (bicyclic) bond motifs is 2. The second-order valence-corrected chi connectivity index (χ2v) is 7.12. The minimum atomic E-state index is 0.282. The van der Waals surface area contributed by atoms with Gasteiger partial charge in [-0.15, -0.1) is 11.6 Å². The first-order valence-electron chi connectivity index (χ1n) is 7.15. The summed E-state index contributed by atoms with van der Waals surface area (Å²) in [5.74, 6) is 2.04. The van der Waals surface area contributed by atoms with Gasteiger partial charge in [0.05, 0.1) is 0 Å². The Morgan fingerprint density at radius 2 is 2.16 bits per heavy atom. The maximum Gasteiger partial charge on any atom is 0.213 e. The zero-order chi connectivity index (χ0) is 13.7. The van der Waals surface area contributed by atoms with Crippen LogP contribution >= 0.6 is 11.6 Å². The summed E-state index contributed by atoms with van der Waals surface area (Å²) in [6.07, 6.45) is 5.90. The lowest BCUT2D eigenvalue weighted by Gasteiger charge is -2.38. The van der Waals surface area contributed by atoms with Gasteiger partial charge in [0.2, 0.25) is 5.88 Å². The Labute approximate surface area is 120 Å². The fourth-order valence-electron chi connectivity index (χ4n) is 4.01. The van der Waals surface area contributed by atoms with Gasteiger partial charge in [-0.25, -0.2) is 4.98 Å². The number of halogens is 1. The van der Waals surface area contributed by atoms with Gasteiger partial charge in [-0.3, -0.25) is 0 Å². The van der Waals surface area contributed by atoms with E-state index in [0.717, 1.165) is 17.4 Å². The maximum absolute atomic E-state index is 6.19. The fraction of sp³-hybridized carbons (Fsp3) is 0.688. The number of pyridine rings is 1. The zero-order valence-corrected chi connectivity index (χ0v) is 12.7. The average molecular weight is 280 g/mol. The number of alkyl halides is 1. The third-order valence-corrected chi connectivity index (χ3v) is 6.24. The lowest BCUT2D eigenvalue weighted by Crippen LogP contribution is -2.39. The molecule has 1 aromatic heterocycles. The molecule has 1 aromatic rings. The second-order valence-electron chi connectivity index (χ2n) is 6.86. The Hall–Kier alpha value is -0.760. The first-order chi connectivity index (χ1) is 8.97. The van der Waals surface area contributed by atoms with Gasteiger partial charge in [0, 0.05) is 23.6 Å². The van der Waals surface area contributed by atoms with Gasteiger partial charge < -0.3 is 4.74 Å². The molecule has 2 fully saturated rings. The molecule has 2 nitrogen and oxygen atoms in total. The number of aromatic nitrogens is 1. The Morgan fingerprint density at radius 3 is 2.63 bits per heavy atom. The van der Waals surface area contributed by atoms with E-state index >= 15 is 0 Å². The standard InChI is InChI=1S/C16H22ClNO/c1-15(2)12-6-7-16(15,3)13(8-12)19-14-5-4-11(9-17)10-18-14/h4-5,10,12-13H,6-9H2,1-3H3. The Kier molecular flexibility index (Phi) is 3.05. The van der Waals surface area contributed by atoms with Gasteiger partial charge >= 0.3 is 0 Å². The Balaban J connectivity index is 1.78. The third-order valence-electron chi connectivity index (χ3n) is 5.93. The van der Waals surface area contributed by atoms with Crippen molar-refractivity contribution < 1.29 is 4.74 Å². The molecular formula is C16H22ClNO. The minimum absolute atomic E-state index is 0.282. The van der Waals surface area contributed by atoms with Crippen molar-refractivity contribution in [3.63, 3.8) is 0 Å². The molecule has 19 heavy (non-hydrogen) atoms. The number of rotatable bonds is 3. The van der Waals surface area contributed by atoms with E-state index in [-0.39, 0.29) is 5.41 Å². The van der Waals surface area contributed by atoms with E-state index in [2.05, 4.69) is 25.8 Å². The van der Waals surface area contributed by atoms with Crippen LogP contribution in [0.1, 0.15) is 45.6 Å². The van der Waals surface area contributed by atoms with E-state index in [1.165, 1.54) is 19.3 Å². The number of hydrogen-bond donors (Lipinski definition) is 0. The molecule has 0 radical (unpaired) electrons. The third kappa shape index (κ3) is 1.87. The first kappa shape index (κ1) is 13.2. The zero-order valence-electron chi connectivity index (χ0n) is 11.9. The summed E-state index contributed by atoms with van der Waals surface area (Å²) >= 11 is 5.78. The highest BCUT2D eigenvalue weighted by atomic mass is 35.5. The van der Waals surface area contributed by atoms with E-state index in [9.17, 15) is 0 Å². The van der Waals surface area contributed by atoms with Crippen LogP contribution in [0, 0.1) is 16.7 Å². The molecule has 3 atom stereocenters. The molecular weight excluding hydrogens is 258 g/mol. The van der Waals surface area contributed by atoms with Gasteiger partial charge in [-0.05, 0) is 36.2 Å². The predicted octanol–water partition coefficient (Wildman–Crippen LogP) is 4.41. The van der Waals surface area contributed by atoms with Crippen molar-refractivity contribution in [1.29, 1.82) is 0 Å². The summed E-state index contributed by atoms with van der Waals surface area (Å²) in [6.45, 7) is 7.19. The van der Waals surface area contributed by atoms with Crippen LogP contribution in [-0.4, -0.2) is 11.1 Å². The SMILES string of the molecule is CC1(C)C2CCC1(C)C(Oc1ccc(CCl)cn1)C2. The van der Waals surface area contributed by atoms with Gasteiger partial charge in [0.25, 0.3) is 0 Å². The van der Waals surface area contributed by atoms with Crippen molar-refractivity contribution in [2.45, 2.75) is 52.0 Å². The van der Waals surface area contributed by atoms with Crippen LogP contribution in [0.4, 0.5) is 0 Å². The molecule has 0 amide bonds. The minimum Gasteiger partial charge on any atom is -0.474 e. The molecule has 3 heteroatoms. The van der Waals surface area contributed by atoms with Crippen LogP contribution in [0.25, 0.3) is 0 Å².